The van der Waals surface area contributed by atoms with Crippen molar-refractivity contribution in [1.29, 1.82) is 5.26 Å². The second-order valence-electron chi connectivity index (χ2n) is 7.05. The molecule has 3 rings (SSSR count). The molecule has 128 valence electrons. The van der Waals surface area contributed by atoms with Crippen molar-refractivity contribution in [2.75, 3.05) is 6.54 Å². The van der Waals surface area contributed by atoms with E-state index in [4.69, 9.17) is 0 Å². The number of amides is 1. The molecule has 0 saturated heterocycles. The summed E-state index contributed by atoms with van der Waals surface area (Å²) in [7, 11) is 0. The fraction of sp³-hybridized carbons (Fsp3) is 0.579. The maximum absolute atomic E-state index is 14.1. The summed E-state index contributed by atoms with van der Waals surface area (Å²) in [6.07, 6.45) is 5.48. The number of nitriles is 1. The van der Waals surface area contributed by atoms with Crippen LogP contribution in [0.15, 0.2) is 24.3 Å². The lowest BCUT2D eigenvalue weighted by Gasteiger charge is -2.31. The van der Waals surface area contributed by atoms with E-state index in [1.165, 1.54) is 6.07 Å². The van der Waals surface area contributed by atoms with Crippen molar-refractivity contribution in [3.05, 3.63) is 35.6 Å². The molecule has 0 bridgehead atoms. The van der Waals surface area contributed by atoms with Gasteiger partial charge in [-0.25, -0.2) is 4.39 Å². The lowest BCUT2D eigenvalue weighted by molar-refractivity contribution is -0.124. The number of benzene rings is 1. The van der Waals surface area contributed by atoms with E-state index in [2.05, 4.69) is 16.3 Å². The van der Waals surface area contributed by atoms with Crippen LogP contribution in [0.3, 0.4) is 0 Å². The van der Waals surface area contributed by atoms with E-state index in [9.17, 15) is 14.4 Å². The number of halogens is 1. The lowest BCUT2D eigenvalue weighted by Crippen LogP contribution is -2.49. The second-order valence-corrected chi connectivity index (χ2v) is 7.05. The third-order valence-corrected chi connectivity index (χ3v) is 5.24. The van der Waals surface area contributed by atoms with Gasteiger partial charge in [-0.15, -0.1) is 0 Å². The Labute approximate surface area is 142 Å². The topological polar surface area (TPSA) is 56.1 Å². The van der Waals surface area contributed by atoms with Crippen LogP contribution in [-0.2, 0) is 4.79 Å². The van der Waals surface area contributed by atoms with Crippen LogP contribution < -0.4 is 5.32 Å². The van der Waals surface area contributed by atoms with Crippen molar-refractivity contribution in [3.63, 3.8) is 0 Å². The highest BCUT2D eigenvalue weighted by Crippen LogP contribution is 2.35. The van der Waals surface area contributed by atoms with Gasteiger partial charge in [0.25, 0.3) is 0 Å². The standard InChI is InChI=1S/C19H24FN3O/c1-14(16-6-2-3-7-17(16)20)23(15-8-9-15)12-18(24)22-19(13-21)10-4-5-11-19/h2-3,6-7,14-15H,4-5,8-12H2,1H3,(H,22,24)/t14-/m0/s1. The van der Waals surface area contributed by atoms with Gasteiger partial charge in [-0.1, -0.05) is 18.2 Å². The molecular weight excluding hydrogens is 305 g/mol. The number of rotatable bonds is 6. The maximum Gasteiger partial charge on any atom is 0.235 e. The Morgan fingerprint density at radius 1 is 1.42 bits per heavy atom. The summed E-state index contributed by atoms with van der Waals surface area (Å²) >= 11 is 0. The highest BCUT2D eigenvalue weighted by atomic mass is 19.1. The molecule has 1 atom stereocenters. The first-order chi connectivity index (χ1) is 11.5. The van der Waals surface area contributed by atoms with Crippen molar-refractivity contribution in [2.45, 2.75) is 63.1 Å². The summed E-state index contributed by atoms with van der Waals surface area (Å²) in [5, 5.41) is 12.4. The first-order valence-corrected chi connectivity index (χ1v) is 8.77. The van der Waals surface area contributed by atoms with E-state index in [1.54, 1.807) is 12.1 Å². The van der Waals surface area contributed by atoms with Crippen molar-refractivity contribution >= 4 is 5.91 Å². The molecule has 0 aliphatic heterocycles. The molecule has 0 unspecified atom stereocenters. The SMILES string of the molecule is C[C@@H](c1ccccc1F)N(CC(=O)NC1(C#N)CCCC1)C1CC1. The normalized spacial score (nSPS) is 20.6. The van der Waals surface area contributed by atoms with Crippen LogP contribution in [0.5, 0.6) is 0 Å². The fourth-order valence-electron chi connectivity index (χ4n) is 3.70. The molecule has 1 amide bonds. The fourth-order valence-corrected chi connectivity index (χ4v) is 3.70. The summed E-state index contributed by atoms with van der Waals surface area (Å²) in [4.78, 5) is 14.6. The molecule has 0 heterocycles. The second kappa shape index (κ2) is 6.90. The minimum absolute atomic E-state index is 0.131. The van der Waals surface area contributed by atoms with E-state index in [0.29, 0.717) is 11.6 Å². The van der Waals surface area contributed by atoms with Crippen molar-refractivity contribution < 1.29 is 9.18 Å². The first-order valence-electron chi connectivity index (χ1n) is 8.77. The Hall–Kier alpha value is -1.93. The maximum atomic E-state index is 14.1. The van der Waals surface area contributed by atoms with Gasteiger partial charge in [-0.05, 0) is 51.5 Å². The summed E-state index contributed by atoms with van der Waals surface area (Å²) < 4.78 is 14.1. The third-order valence-electron chi connectivity index (χ3n) is 5.24. The predicted molar refractivity (Wildman–Crippen MR) is 89.5 cm³/mol. The number of hydrogen-bond acceptors (Lipinski definition) is 3. The zero-order valence-electron chi connectivity index (χ0n) is 14.1. The summed E-state index contributed by atoms with van der Waals surface area (Å²) in [6, 6.07) is 9.19. The molecule has 2 aliphatic carbocycles. The Bertz CT molecular complexity index is 644. The van der Waals surface area contributed by atoms with Gasteiger partial charge in [-0.2, -0.15) is 5.26 Å². The predicted octanol–water partition coefficient (Wildman–Crippen LogP) is 3.30. The highest BCUT2D eigenvalue weighted by molar-refractivity contribution is 5.79. The number of hydrogen-bond donors (Lipinski definition) is 1. The highest BCUT2D eigenvalue weighted by Gasteiger charge is 2.38. The Morgan fingerprint density at radius 3 is 2.67 bits per heavy atom. The molecule has 4 nitrogen and oxygen atoms in total. The average Bonchev–Trinajstić information content (AvgIpc) is 3.32. The largest absolute Gasteiger partial charge is 0.337 e. The van der Waals surface area contributed by atoms with Crippen molar-refractivity contribution in [3.8, 4) is 6.07 Å². The minimum atomic E-state index is -0.701. The number of nitrogens with one attached hydrogen (secondary N) is 1. The van der Waals surface area contributed by atoms with Gasteiger partial charge < -0.3 is 5.32 Å². The van der Waals surface area contributed by atoms with E-state index >= 15 is 0 Å². The van der Waals surface area contributed by atoms with Gasteiger partial charge >= 0.3 is 0 Å². The Morgan fingerprint density at radius 2 is 2.08 bits per heavy atom. The number of carbonyl (C=O) groups excluding carboxylic acids is 1. The molecule has 0 spiro atoms. The Balaban J connectivity index is 1.69. The Kier molecular flexibility index (Phi) is 4.86. The van der Waals surface area contributed by atoms with Crippen LogP contribution >= 0.6 is 0 Å². The van der Waals surface area contributed by atoms with Crippen molar-refractivity contribution in [1.82, 2.24) is 10.2 Å². The quantitative estimate of drug-likeness (QED) is 0.871. The van der Waals surface area contributed by atoms with Crippen LogP contribution in [0.1, 0.15) is 57.1 Å². The van der Waals surface area contributed by atoms with Crippen LogP contribution in [0.4, 0.5) is 4.39 Å². The molecule has 0 aromatic heterocycles. The molecule has 0 radical (unpaired) electrons. The van der Waals surface area contributed by atoms with E-state index in [-0.39, 0.29) is 24.3 Å². The minimum Gasteiger partial charge on any atom is -0.337 e. The van der Waals surface area contributed by atoms with E-state index < -0.39 is 5.54 Å². The van der Waals surface area contributed by atoms with Gasteiger partial charge in [0.05, 0.1) is 12.6 Å². The number of nitrogens with zero attached hydrogens (tertiary/aromatic N) is 2. The molecule has 1 aromatic carbocycles. The van der Waals surface area contributed by atoms with Gasteiger partial charge in [0, 0.05) is 17.6 Å². The monoisotopic (exact) mass is 329 g/mol. The molecule has 2 saturated carbocycles. The van der Waals surface area contributed by atoms with Crippen LogP contribution in [0.2, 0.25) is 0 Å². The smallest absolute Gasteiger partial charge is 0.235 e. The van der Waals surface area contributed by atoms with Gasteiger partial charge in [0.15, 0.2) is 0 Å². The van der Waals surface area contributed by atoms with Gasteiger partial charge in [0.1, 0.15) is 11.4 Å². The molecule has 1 aromatic rings. The van der Waals surface area contributed by atoms with Crippen LogP contribution in [0.25, 0.3) is 0 Å². The zero-order chi connectivity index (χ0) is 17.2. The molecule has 1 N–H and O–H groups in total. The lowest BCUT2D eigenvalue weighted by atomic mass is 10.00. The average molecular weight is 329 g/mol. The zero-order valence-corrected chi connectivity index (χ0v) is 14.1. The molecule has 24 heavy (non-hydrogen) atoms. The van der Waals surface area contributed by atoms with E-state index in [0.717, 1.165) is 38.5 Å². The number of carbonyl (C=O) groups is 1. The van der Waals surface area contributed by atoms with E-state index in [1.807, 2.05) is 13.0 Å². The molecular formula is C19H24FN3O. The molecule has 2 aliphatic rings. The van der Waals surface area contributed by atoms with Crippen molar-refractivity contribution in [2.24, 2.45) is 0 Å². The summed E-state index contributed by atoms with van der Waals surface area (Å²) in [6.45, 7) is 2.16. The van der Waals surface area contributed by atoms with Gasteiger partial charge in [-0.3, -0.25) is 9.69 Å². The van der Waals surface area contributed by atoms with Gasteiger partial charge in [0.2, 0.25) is 5.91 Å². The summed E-state index contributed by atoms with van der Waals surface area (Å²) in [5.41, 5.74) is -0.0823. The van der Waals surface area contributed by atoms with Crippen LogP contribution in [-0.4, -0.2) is 28.9 Å². The molecule has 2 fully saturated rings. The summed E-state index contributed by atoms with van der Waals surface area (Å²) in [5.74, 6) is -0.367. The third kappa shape index (κ3) is 3.59. The molecule has 5 heteroatoms. The van der Waals surface area contributed by atoms with Crippen LogP contribution in [0, 0.1) is 17.1 Å². The first kappa shape index (κ1) is 16.9.